The number of carbonyl (C=O) groups is 1. The number of pyridine rings is 1. The minimum absolute atomic E-state index is 0.242. The highest BCUT2D eigenvalue weighted by molar-refractivity contribution is 5.67. The normalized spacial score (nSPS) is 28.2. The van der Waals surface area contributed by atoms with Gasteiger partial charge in [0.2, 0.25) is 6.29 Å². The van der Waals surface area contributed by atoms with Crippen molar-refractivity contribution in [2.75, 3.05) is 50.8 Å². The standard InChI is InChI=1S/C24H36N4O4/c29-24(32-21-2-1-16-30-21)26-20-5-3-18(4-6-20)8-11-27-12-14-28(15-13-27)23-22-19(7-10-25-23)9-17-31-22/h7,10,18,20-21H,1-6,8-9,11-17H2,(H,26,29). The van der Waals surface area contributed by atoms with Crippen LogP contribution in [0.1, 0.15) is 50.5 Å². The maximum Gasteiger partial charge on any atom is 0.409 e. The second-order valence-corrected chi connectivity index (χ2v) is 9.55. The fourth-order valence-corrected chi connectivity index (χ4v) is 5.42. The van der Waals surface area contributed by atoms with Crippen molar-refractivity contribution in [3.63, 3.8) is 0 Å². The van der Waals surface area contributed by atoms with E-state index in [9.17, 15) is 4.79 Å². The molecule has 3 fully saturated rings. The van der Waals surface area contributed by atoms with E-state index >= 15 is 0 Å². The van der Waals surface area contributed by atoms with Crippen LogP contribution in [0.5, 0.6) is 5.75 Å². The van der Waals surface area contributed by atoms with Crippen LogP contribution in [0.2, 0.25) is 0 Å². The number of alkyl carbamates (subject to hydrolysis) is 1. The molecular formula is C24H36N4O4. The number of rotatable bonds is 6. The van der Waals surface area contributed by atoms with Crippen molar-refractivity contribution in [1.29, 1.82) is 0 Å². The first-order valence-electron chi connectivity index (χ1n) is 12.4. The maximum atomic E-state index is 12.0. The van der Waals surface area contributed by atoms with Gasteiger partial charge in [-0.25, -0.2) is 9.78 Å². The van der Waals surface area contributed by atoms with Gasteiger partial charge in [0.05, 0.1) is 13.2 Å². The van der Waals surface area contributed by atoms with Gasteiger partial charge < -0.3 is 24.4 Å². The van der Waals surface area contributed by atoms with Crippen LogP contribution in [-0.2, 0) is 15.9 Å². The van der Waals surface area contributed by atoms with Gasteiger partial charge >= 0.3 is 6.09 Å². The highest BCUT2D eigenvalue weighted by Crippen LogP contribution is 2.34. The molecule has 1 amide bonds. The van der Waals surface area contributed by atoms with E-state index in [-0.39, 0.29) is 18.4 Å². The minimum Gasteiger partial charge on any atom is -0.489 e. The number of nitrogens with one attached hydrogen (secondary N) is 1. The average Bonchev–Trinajstić information content (AvgIpc) is 3.51. The number of piperazine rings is 1. The summed E-state index contributed by atoms with van der Waals surface area (Å²) in [6, 6.07) is 2.32. The van der Waals surface area contributed by atoms with Crippen molar-refractivity contribution in [2.24, 2.45) is 5.92 Å². The number of amides is 1. The number of fused-ring (bicyclic) bond motifs is 1. The van der Waals surface area contributed by atoms with E-state index in [1.165, 1.54) is 24.8 Å². The van der Waals surface area contributed by atoms with Crippen LogP contribution in [0.3, 0.4) is 0 Å². The number of nitrogens with zero attached hydrogens (tertiary/aromatic N) is 3. The lowest BCUT2D eigenvalue weighted by molar-refractivity contribution is -0.0688. The Kier molecular flexibility index (Phi) is 6.97. The van der Waals surface area contributed by atoms with Crippen molar-refractivity contribution >= 4 is 11.9 Å². The molecule has 3 aliphatic heterocycles. The summed E-state index contributed by atoms with van der Waals surface area (Å²) in [5.74, 6) is 2.79. The van der Waals surface area contributed by atoms with Gasteiger partial charge in [-0.2, -0.15) is 0 Å². The van der Waals surface area contributed by atoms with Gasteiger partial charge in [-0.3, -0.25) is 4.90 Å². The van der Waals surface area contributed by atoms with Crippen molar-refractivity contribution in [1.82, 2.24) is 15.2 Å². The Morgan fingerprint density at radius 3 is 2.75 bits per heavy atom. The molecule has 176 valence electrons. The molecule has 8 nitrogen and oxygen atoms in total. The lowest BCUT2D eigenvalue weighted by atomic mass is 9.84. The Hall–Kier alpha value is -2.06. The van der Waals surface area contributed by atoms with Gasteiger partial charge in [0.15, 0.2) is 11.6 Å². The van der Waals surface area contributed by atoms with Gasteiger partial charge in [0.25, 0.3) is 0 Å². The first-order valence-corrected chi connectivity index (χ1v) is 12.4. The molecule has 4 aliphatic rings. The van der Waals surface area contributed by atoms with Crippen molar-refractivity contribution in [3.05, 3.63) is 17.8 Å². The third kappa shape index (κ3) is 5.29. The van der Waals surface area contributed by atoms with E-state index in [0.717, 1.165) is 88.9 Å². The number of ether oxygens (including phenoxy) is 3. The fourth-order valence-electron chi connectivity index (χ4n) is 5.42. The molecule has 1 saturated carbocycles. The number of hydrogen-bond acceptors (Lipinski definition) is 7. The molecule has 5 rings (SSSR count). The van der Waals surface area contributed by atoms with Crippen LogP contribution in [0.15, 0.2) is 12.3 Å². The van der Waals surface area contributed by atoms with E-state index in [1.54, 1.807) is 0 Å². The first kappa shape index (κ1) is 21.8. The monoisotopic (exact) mass is 444 g/mol. The molecule has 1 unspecified atom stereocenters. The van der Waals surface area contributed by atoms with Crippen LogP contribution in [-0.4, -0.2) is 74.2 Å². The van der Waals surface area contributed by atoms with Gasteiger partial charge in [0, 0.05) is 56.8 Å². The Morgan fingerprint density at radius 2 is 1.97 bits per heavy atom. The van der Waals surface area contributed by atoms with E-state index in [1.807, 2.05) is 6.20 Å². The summed E-state index contributed by atoms with van der Waals surface area (Å²) in [5.41, 5.74) is 1.29. The molecule has 1 atom stereocenters. The van der Waals surface area contributed by atoms with Crippen molar-refractivity contribution < 1.29 is 19.0 Å². The summed E-state index contributed by atoms with van der Waals surface area (Å²) < 4.78 is 16.6. The largest absolute Gasteiger partial charge is 0.489 e. The average molecular weight is 445 g/mol. The van der Waals surface area contributed by atoms with E-state index < -0.39 is 0 Å². The smallest absolute Gasteiger partial charge is 0.409 e. The molecule has 0 spiro atoms. The lowest BCUT2D eigenvalue weighted by Crippen LogP contribution is -2.47. The summed E-state index contributed by atoms with van der Waals surface area (Å²) in [4.78, 5) is 21.6. The van der Waals surface area contributed by atoms with Crippen LogP contribution in [0, 0.1) is 5.92 Å². The third-order valence-corrected chi connectivity index (χ3v) is 7.41. The summed E-state index contributed by atoms with van der Waals surface area (Å²) in [5, 5.41) is 3.04. The predicted molar refractivity (Wildman–Crippen MR) is 121 cm³/mol. The van der Waals surface area contributed by atoms with Gasteiger partial charge in [-0.05, 0) is 57.1 Å². The molecule has 2 saturated heterocycles. The van der Waals surface area contributed by atoms with Crippen LogP contribution in [0.25, 0.3) is 0 Å². The highest BCUT2D eigenvalue weighted by Gasteiger charge is 2.27. The lowest BCUT2D eigenvalue weighted by Gasteiger charge is -2.37. The van der Waals surface area contributed by atoms with E-state index in [2.05, 4.69) is 26.2 Å². The maximum absolute atomic E-state index is 12.0. The second-order valence-electron chi connectivity index (χ2n) is 9.55. The summed E-state index contributed by atoms with van der Waals surface area (Å²) in [6.07, 6.45) is 9.73. The SMILES string of the molecule is O=C(NC1CCC(CCN2CCN(c3nccc4c3OCC4)CC2)CC1)OC1CCCO1. The summed E-state index contributed by atoms with van der Waals surface area (Å²) in [7, 11) is 0. The second kappa shape index (κ2) is 10.3. The topological polar surface area (TPSA) is 76.2 Å². The van der Waals surface area contributed by atoms with Gasteiger partial charge in [-0.15, -0.1) is 0 Å². The predicted octanol–water partition coefficient (Wildman–Crippen LogP) is 2.95. The Balaban J connectivity index is 0.988. The molecule has 32 heavy (non-hydrogen) atoms. The Morgan fingerprint density at radius 1 is 1.12 bits per heavy atom. The minimum atomic E-state index is -0.349. The molecule has 1 N–H and O–H groups in total. The number of anilines is 1. The van der Waals surface area contributed by atoms with Crippen LogP contribution < -0.4 is 15.0 Å². The van der Waals surface area contributed by atoms with E-state index in [0.29, 0.717) is 6.61 Å². The molecule has 1 aromatic rings. The zero-order valence-electron chi connectivity index (χ0n) is 19.0. The molecule has 1 aromatic heterocycles. The molecule has 0 bridgehead atoms. The van der Waals surface area contributed by atoms with Crippen LogP contribution >= 0.6 is 0 Å². The fraction of sp³-hybridized carbons (Fsp3) is 0.750. The third-order valence-electron chi connectivity index (χ3n) is 7.41. The number of carbonyl (C=O) groups excluding carboxylic acids is 1. The first-order chi connectivity index (χ1) is 15.7. The molecule has 0 radical (unpaired) electrons. The van der Waals surface area contributed by atoms with Gasteiger partial charge in [-0.1, -0.05) is 0 Å². The highest BCUT2D eigenvalue weighted by atomic mass is 16.7. The molecule has 4 heterocycles. The molecule has 0 aromatic carbocycles. The molecule has 1 aliphatic carbocycles. The molecule has 8 heteroatoms. The number of aromatic nitrogens is 1. The number of hydrogen-bond donors (Lipinski definition) is 1. The Labute approximate surface area is 190 Å². The van der Waals surface area contributed by atoms with E-state index in [4.69, 9.17) is 14.2 Å². The quantitative estimate of drug-likeness (QED) is 0.723. The molecular weight excluding hydrogens is 408 g/mol. The zero-order valence-corrected chi connectivity index (χ0v) is 19.0. The Bertz CT molecular complexity index is 769. The summed E-state index contributed by atoms with van der Waals surface area (Å²) >= 11 is 0. The van der Waals surface area contributed by atoms with Gasteiger partial charge in [0.1, 0.15) is 0 Å². The summed E-state index contributed by atoms with van der Waals surface area (Å²) in [6.45, 7) is 6.81. The van der Waals surface area contributed by atoms with Crippen molar-refractivity contribution in [3.8, 4) is 5.75 Å². The van der Waals surface area contributed by atoms with Crippen molar-refractivity contribution in [2.45, 2.75) is 63.7 Å². The van der Waals surface area contributed by atoms with Crippen LogP contribution in [0.4, 0.5) is 10.6 Å². The zero-order chi connectivity index (χ0) is 21.8.